The second-order valence-corrected chi connectivity index (χ2v) is 5.61. The second-order valence-electron chi connectivity index (χ2n) is 5.61. The zero-order valence-electron chi connectivity index (χ0n) is 12.9. The van der Waals surface area contributed by atoms with Crippen molar-refractivity contribution in [1.82, 2.24) is 14.7 Å². The number of benzene rings is 1. The fourth-order valence-corrected chi connectivity index (χ4v) is 2.46. The number of fused-ring (bicyclic) bond motifs is 1. The largest absolute Gasteiger partial charge is 0.355 e. The van der Waals surface area contributed by atoms with Gasteiger partial charge in [-0.1, -0.05) is 18.2 Å². The number of hydrogen-bond donors (Lipinski definition) is 1. The van der Waals surface area contributed by atoms with Crippen molar-refractivity contribution in [2.45, 2.75) is 19.8 Å². The van der Waals surface area contributed by atoms with E-state index in [-0.39, 0.29) is 18.1 Å². The van der Waals surface area contributed by atoms with Crippen molar-refractivity contribution < 1.29 is 9.18 Å². The van der Waals surface area contributed by atoms with Crippen LogP contribution in [0, 0.1) is 12.7 Å². The number of imidazole rings is 1. The van der Waals surface area contributed by atoms with Gasteiger partial charge in [-0.3, -0.25) is 4.79 Å². The van der Waals surface area contributed by atoms with Crippen LogP contribution in [-0.2, 0) is 17.6 Å². The summed E-state index contributed by atoms with van der Waals surface area (Å²) in [6.45, 7) is 2.57. The minimum absolute atomic E-state index is 0.0729. The van der Waals surface area contributed by atoms with E-state index in [1.165, 1.54) is 17.7 Å². The van der Waals surface area contributed by atoms with Crippen LogP contribution in [0.4, 0.5) is 4.39 Å². The number of rotatable bonds is 5. The predicted octanol–water partition coefficient (Wildman–Crippen LogP) is 2.68. The smallest absolute Gasteiger partial charge is 0.224 e. The maximum atomic E-state index is 12.8. The molecule has 0 radical (unpaired) electrons. The van der Waals surface area contributed by atoms with Crippen LogP contribution in [0.3, 0.4) is 0 Å². The maximum absolute atomic E-state index is 12.8. The molecule has 0 aliphatic rings. The van der Waals surface area contributed by atoms with Crippen LogP contribution >= 0.6 is 0 Å². The van der Waals surface area contributed by atoms with Gasteiger partial charge in [-0.25, -0.2) is 9.37 Å². The Morgan fingerprint density at radius 3 is 2.74 bits per heavy atom. The van der Waals surface area contributed by atoms with Gasteiger partial charge in [-0.05, 0) is 36.2 Å². The number of hydrogen-bond acceptors (Lipinski definition) is 2. The zero-order chi connectivity index (χ0) is 16.2. The van der Waals surface area contributed by atoms with Crippen molar-refractivity contribution in [2.24, 2.45) is 0 Å². The topological polar surface area (TPSA) is 46.4 Å². The molecule has 0 bridgehead atoms. The molecule has 4 nitrogen and oxygen atoms in total. The lowest BCUT2D eigenvalue weighted by Crippen LogP contribution is -2.27. The van der Waals surface area contributed by atoms with Crippen molar-refractivity contribution in [1.29, 1.82) is 0 Å². The van der Waals surface area contributed by atoms with E-state index in [4.69, 9.17) is 0 Å². The number of halogens is 1. The summed E-state index contributed by atoms with van der Waals surface area (Å²) >= 11 is 0. The van der Waals surface area contributed by atoms with E-state index in [2.05, 4.69) is 10.3 Å². The van der Waals surface area contributed by atoms with Crippen LogP contribution in [0.2, 0.25) is 0 Å². The average Bonchev–Trinajstić information content (AvgIpc) is 2.91. The van der Waals surface area contributed by atoms with Crippen LogP contribution in [0.25, 0.3) is 5.65 Å². The van der Waals surface area contributed by atoms with E-state index in [0.717, 1.165) is 16.9 Å². The molecule has 0 unspecified atom stereocenters. The van der Waals surface area contributed by atoms with Gasteiger partial charge in [0.2, 0.25) is 5.91 Å². The Balaban J connectivity index is 1.51. The summed E-state index contributed by atoms with van der Waals surface area (Å²) in [6, 6.07) is 9.98. The first kappa shape index (κ1) is 15.2. The van der Waals surface area contributed by atoms with Gasteiger partial charge in [0.15, 0.2) is 0 Å². The molecule has 0 aliphatic carbocycles. The molecule has 0 saturated carbocycles. The highest BCUT2D eigenvalue weighted by molar-refractivity contribution is 5.78. The number of pyridine rings is 1. The Labute approximate surface area is 134 Å². The SMILES string of the molecule is Cc1ccc2nc(CCNC(=O)Cc3ccc(F)cc3)cn2c1. The van der Waals surface area contributed by atoms with Crippen LogP contribution in [0.15, 0.2) is 48.8 Å². The van der Waals surface area contributed by atoms with Crippen molar-refractivity contribution in [3.05, 3.63) is 71.4 Å². The van der Waals surface area contributed by atoms with Gasteiger partial charge in [-0.2, -0.15) is 0 Å². The first-order chi connectivity index (χ1) is 11.1. The summed E-state index contributed by atoms with van der Waals surface area (Å²) in [5.74, 6) is -0.368. The highest BCUT2D eigenvalue weighted by Gasteiger charge is 2.05. The maximum Gasteiger partial charge on any atom is 0.224 e. The van der Waals surface area contributed by atoms with Crippen LogP contribution in [-0.4, -0.2) is 21.8 Å². The van der Waals surface area contributed by atoms with E-state index in [0.29, 0.717) is 13.0 Å². The number of aryl methyl sites for hydroxylation is 1. The normalized spacial score (nSPS) is 10.9. The summed E-state index contributed by atoms with van der Waals surface area (Å²) in [6.07, 6.45) is 4.94. The summed E-state index contributed by atoms with van der Waals surface area (Å²) < 4.78 is 14.8. The summed E-state index contributed by atoms with van der Waals surface area (Å²) in [5.41, 5.74) is 3.82. The van der Waals surface area contributed by atoms with Crippen molar-refractivity contribution in [3.63, 3.8) is 0 Å². The van der Waals surface area contributed by atoms with E-state index in [1.54, 1.807) is 12.1 Å². The molecule has 2 aromatic heterocycles. The highest BCUT2D eigenvalue weighted by Crippen LogP contribution is 2.07. The molecule has 0 spiro atoms. The van der Waals surface area contributed by atoms with E-state index < -0.39 is 0 Å². The molecular formula is C18H18FN3O. The highest BCUT2D eigenvalue weighted by atomic mass is 19.1. The third kappa shape index (κ3) is 3.94. The van der Waals surface area contributed by atoms with Crippen molar-refractivity contribution in [3.8, 4) is 0 Å². The number of carbonyl (C=O) groups is 1. The third-order valence-corrected chi connectivity index (χ3v) is 3.63. The van der Waals surface area contributed by atoms with Crippen molar-refractivity contribution >= 4 is 11.6 Å². The minimum Gasteiger partial charge on any atom is -0.355 e. The summed E-state index contributed by atoms with van der Waals surface area (Å²) in [5, 5.41) is 2.87. The van der Waals surface area contributed by atoms with Gasteiger partial charge in [0, 0.05) is 25.4 Å². The summed E-state index contributed by atoms with van der Waals surface area (Å²) in [4.78, 5) is 16.4. The minimum atomic E-state index is -0.295. The molecule has 0 atom stereocenters. The molecule has 2 heterocycles. The lowest BCUT2D eigenvalue weighted by Gasteiger charge is -2.04. The van der Waals surface area contributed by atoms with E-state index in [9.17, 15) is 9.18 Å². The van der Waals surface area contributed by atoms with Crippen LogP contribution < -0.4 is 5.32 Å². The van der Waals surface area contributed by atoms with Crippen molar-refractivity contribution in [2.75, 3.05) is 6.54 Å². The van der Waals surface area contributed by atoms with Gasteiger partial charge in [0.05, 0.1) is 12.1 Å². The third-order valence-electron chi connectivity index (χ3n) is 3.63. The Kier molecular flexibility index (Phi) is 4.37. The van der Waals surface area contributed by atoms with Gasteiger partial charge in [-0.15, -0.1) is 0 Å². The van der Waals surface area contributed by atoms with Crippen LogP contribution in [0.1, 0.15) is 16.8 Å². The number of aromatic nitrogens is 2. The molecule has 0 aliphatic heterocycles. The predicted molar refractivity (Wildman–Crippen MR) is 86.7 cm³/mol. The molecule has 3 aromatic rings. The Morgan fingerprint density at radius 2 is 1.96 bits per heavy atom. The fraction of sp³-hybridized carbons (Fsp3) is 0.222. The molecular weight excluding hydrogens is 293 g/mol. The van der Waals surface area contributed by atoms with Gasteiger partial charge in [0.1, 0.15) is 11.5 Å². The molecule has 5 heteroatoms. The number of nitrogens with zero attached hydrogens (tertiary/aromatic N) is 2. The molecule has 1 amide bonds. The van der Waals surface area contributed by atoms with Gasteiger partial charge in [0.25, 0.3) is 0 Å². The molecule has 118 valence electrons. The lowest BCUT2D eigenvalue weighted by atomic mass is 10.1. The molecule has 0 fully saturated rings. The number of amides is 1. The molecule has 0 saturated heterocycles. The average molecular weight is 311 g/mol. The molecule has 1 aromatic carbocycles. The lowest BCUT2D eigenvalue weighted by molar-refractivity contribution is -0.120. The zero-order valence-corrected chi connectivity index (χ0v) is 12.9. The monoisotopic (exact) mass is 311 g/mol. The standard InChI is InChI=1S/C18H18FN3O/c1-13-2-7-17-21-16(12-22(17)11-13)8-9-20-18(23)10-14-3-5-15(19)6-4-14/h2-7,11-12H,8-10H2,1H3,(H,20,23). The Hall–Kier alpha value is -2.69. The number of nitrogens with one attached hydrogen (secondary N) is 1. The Bertz CT molecular complexity index is 824. The van der Waals surface area contributed by atoms with E-state index >= 15 is 0 Å². The first-order valence-corrected chi connectivity index (χ1v) is 7.55. The first-order valence-electron chi connectivity index (χ1n) is 7.55. The fourth-order valence-electron chi connectivity index (χ4n) is 2.46. The van der Waals surface area contributed by atoms with Crippen LogP contribution in [0.5, 0.6) is 0 Å². The molecule has 23 heavy (non-hydrogen) atoms. The second kappa shape index (κ2) is 6.60. The summed E-state index contributed by atoms with van der Waals surface area (Å²) in [7, 11) is 0. The molecule has 3 rings (SSSR count). The number of carbonyl (C=O) groups excluding carboxylic acids is 1. The quantitative estimate of drug-likeness (QED) is 0.787. The van der Waals surface area contributed by atoms with E-state index in [1.807, 2.05) is 35.9 Å². The molecule has 1 N–H and O–H groups in total. The van der Waals surface area contributed by atoms with Gasteiger partial charge >= 0.3 is 0 Å². The van der Waals surface area contributed by atoms with Gasteiger partial charge < -0.3 is 9.72 Å². The Morgan fingerprint density at radius 1 is 1.17 bits per heavy atom.